The fraction of sp³-hybridized carbons (Fsp3) is 0.650. The quantitative estimate of drug-likeness (QED) is 0.620. The fourth-order valence-electron chi connectivity index (χ4n) is 1.56. The summed E-state index contributed by atoms with van der Waals surface area (Å²) in [5.41, 5.74) is 0.0680. The van der Waals surface area contributed by atoms with Gasteiger partial charge in [-0.3, -0.25) is 5.41 Å². The molecule has 0 saturated carbocycles. The van der Waals surface area contributed by atoms with E-state index in [9.17, 15) is 0 Å². The predicted molar refractivity (Wildman–Crippen MR) is 102 cm³/mol. The van der Waals surface area contributed by atoms with E-state index in [1.54, 1.807) is 0 Å². The molecule has 0 aromatic carbocycles. The van der Waals surface area contributed by atoms with Crippen molar-refractivity contribution in [3.63, 3.8) is 0 Å². The third kappa shape index (κ3) is 8.21. The highest BCUT2D eigenvalue weighted by Gasteiger charge is 2.18. The lowest BCUT2D eigenvalue weighted by atomic mass is 9.87. The van der Waals surface area contributed by atoms with E-state index in [4.69, 9.17) is 5.41 Å². The second kappa shape index (κ2) is 12.3. The number of hydrogen-bond acceptors (Lipinski definition) is 1. The number of nitrogens with one attached hydrogen (secondary N) is 1. The van der Waals surface area contributed by atoms with Gasteiger partial charge in [-0.15, -0.1) is 0 Å². The maximum absolute atomic E-state index is 8.03. The van der Waals surface area contributed by atoms with Gasteiger partial charge in [0.05, 0.1) is 0 Å². The molecule has 2 nitrogen and oxygen atoms in total. The van der Waals surface area contributed by atoms with Gasteiger partial charge in [-0.1, -0.05) is 80.5 Å². The molecule has 0 aromatic heterocycles. The van der Waals surface area contributed by atoms with Gasteiger partial charge in [-0.2, -0.15) is 0 Å². The zero-order valence-electron chi connectivity index (χ0n) is 16.3. The van der Waals surface area contributed by atoms with Gasteiger partial charge in [0, 0.05) is 17.8 Å². The van der Waals surface area contributed by atoms with E-state index in [1.807, 2.05) is 51.1 Å². The van der Waals surface area contributed by atoms with E-state index in [-0.39, 0.29) is 5.41 Å². The van der Waals surface area contributed by atoms with Crippen LogP contribution in [-0.4, -0.2) is 10.7 Å². The molecular formula is C20H38N2. The van der Waals surface area contributed by atoms with Crippen molar-refractivity contribution in [1.29, 1.82) is 5.41 Å². The van der Waals surface area contributed by atoms with Gasteiger partial charge in [-0.25, -0.2) is 0 Å². The Morgan fingerprint density at radius 2 is 1.68 bits per heavy atom. The second-order valence-corrected chi connectivity index (χ2v) is 5.75. The Labute approximate surface area is 139 Å². The topological polar surface area (TPSA) is 27.1 Å². The molecule has 0 bridgehead atoms. The van der Waals surface area contributed by atoms with Crippen molar-refractivity contribution in [2.24, 2.45) is 17.3 Å². The summed E-state index contributed by atoms with van der Waals surface area (Å²) in [7, 11) is 0. The van der Waals surface area contributed by atoms with E-state index >= 15 is 0 Å². The Bertz CT molecular complexity index is 377. The first kappa shape index (κ1) is 23.0. The van der Waals surface area contributed by atoms with Crippen LogP contribution in [0.5, 0.6) is 0 Å². The van der Waals surface area contributed by atoms with Crippen LogP contribution in [0.1, 0.15) is 68.7 Å². The molecule has 22 heavy (non-hydrogen) atoms. The summed E-state index contributed by atoms with van der Waals surface area (Å²) in [5, 5.41) is 8.03. The van der Waals surface area contributed by atoms with E-state index in [0.29, 0.717) is 17.7 Å². The Morgan fingerprint density at radius 3 is 2.14 bits per heavy atom. The molecule has 2 atom stereocenters. The number of allylic oxidation sites excluding steroid dienone is 3. The van der Waals surface area contributed by atoms with Gasteiger partial charge in [0.1, 0.15) is 5.84 Å². The van der Waals surface area contributed by atoms with Crippen molar-refractivity contribution in [2.45, 2.75) is 68.7 Å². The average molecular weight is 307 g/mol. The molecule has 128 valence electrons. The Hall–Kier alpha value is -1.31. The Morgan fingerprint density at radius 1 is 1.14 bits per heavy atom. The van der Waals surface area contributed by atoms with Crippen LogP contribution in [0.15, 0.2) is 36.7 Å². The third-order valence-electron chi connectivity index (χ3n) is 3.88. The maximum atomic E-state index is 8.03. The van der Waals surface area contributed by atoms with E-state index < -0.39 is 0 Å². The molecule has 0 amide bonds. The molecule has 1 heterocycles. The lowest BCUT2D eigenvalue weighted by molar-refractivity contribution is 0.498. The predicted octanol–water partition coefficient (Wildman–Crippen LogP) is 6.62. The molecular weight excluding hydrogens is 268 g/mol. The van der Waals surface area contributed by atoms with E-state index in [1.165, 1.54) is 0 Å². The van der Waals surface area contributed by atoms with Crippen molar-refractivity contribution in [1.82, 2.24) is 4.90 Å². The second-order valence-electron chi connectivity index (χ2n) is 5.75. The standard InChI is InChI=1S/C16H26N2.2C2H6/c1-6-16(5)9-7-15(17)18(12-10-16)11-8-14(4)13(2)3;2*1-2/h7-14,17H,6H2,1-5H3;2*1-2H3/b11-8-,17-15?;;. The number of rotatable bonds is 4. The van der Waals surface area contributed by atoms with Gasteiger partial charge in [0.25, 0.3) is 0 Å². The maximum Gasteiger partial charge on any atom is 0.128 e. The van der Waals surface area contributed by atoms with Gasteiger partial charge in [-0.05, 0) is 24.3 Å². The molecule has 0 radical (unpaired) electrons. The SMILES string of the molecule is CC.CC.CCC1(C)C=CC(=N)N(/C=C\C(C)C(C)C)C=C1. The van der Waals surface area contributed by atoms with E-state index in [2.05, 4.69) is 52.8 Å². The molecule has 0 aromatic rings. The molecule has 2 heteroatoms. The van der Waals surface area contributed by atoms with Gasteiger partial charge < -0.3 is 4.90 Å². The smallest absolute Gasteiger partial charge is 0.128 e. The normalized spacial score (nSPS) is 21.9. The van der Waals surface area contributed by atoms with Crippen LogP contribution in [0, 0.1) is 22.7 Å². The minimum Gasteiger partial charge on any atom is -0.310 e. The van der Waals surface area contributed by atoms with Crippen molar-refractivity contribution in [3.05, 3.63) is 36.7 Å². The summed E-state index contributed by atoms with van der Waals surface area (Å²) in [6.07, 6.45) is 13.4. The van der Waals surface area contributed by atoms with Crippen LogP contribution < -0.4 is 0 Å². The number of amidine groups is 1. The zero-order valence-corrected chi connectivity index (χ0v) is 16.3. The first-order chi connectivity index (χ1) is 10.4. The van der Waals surface area contributed by atoms with Gasteiger partial charge in [0.2, 0.25) is 0 Å². The number of nitrogens with zero attached hydrogens (tertiary/aromatic N) is 1. The van der Waals surface area contributed by atoms with Crippen LogP contribution in [0.25, 0.3) is 0 Å². The first-order valence-electron chi connectivity index (χ1n) is 8.82. The molecule has 1 aliphatic rings. The molecule has 0 spiro atoms. The van der Waals surface area contributed by atoms with Gasteiger partial charge >= 0.3 is 0 Å². The highest BCUT2D eigenvalue weighted by molar-refractivity contribution is 5.92. The van der Waals surface area contributed by atoms with Crippen LogP contribution in [0.4, 0.5) is 0 Å². The molecule has 1 N–H and O–H groups in total. The lowest BCUT2D eigenvalue weighted by Gasteiger charge is -2.18. The molecule has 0 saturated heterocycles. The Balaban J connectivity index is 0. The fourth-order valence-corrected chi connectivity index (χ4v) is 1.56. The third-order valence-corrected chi connectivity index (χ3v) is 3.88. The van der Waals surface area contributed by atoms with Crippen molar-refractivity contribution in [3.8, 4) is 0 Å². The summed E-state index contributed by atoms with van der Waals surface area (Å²) in [6.45, 7) is 19.0. The first-order valence-corrected chi connectivity index (χ1v) is 8.82. The van der Waals surface area contributed by atoms with Crippen molar-refractivity contribution in [2.75, 3.05) is 0 Å². The van der Waals surface area contributed by atoms with Crippen molar-refractivity contribution >= 4 is 5.84 Å². The molecule has 2 unspecified atom stereocenters. The summed E-state index contributed by atoms with van der Waals surface area (Å²) in [5.74, 6) is 1.68. The summed E-state index contributed by atoms with van der Waals surface area (Å²) in [6, 6.07) is 0. The summed E-state index contributed by atoms with van der Waals surface area (Å²) < 4.78 is 0. The van der Waals surface area contributed by atoms with Crippen LogP contribution in [0.2, 0.25) is 0 Å². The highest BCUT2D eigenvalue weighted by Crippen LogP contribution is 2.27. The molecule has 1 rings (SSSR count). The Kier molecular flexibility index (Phi) is 12.8. The zero-order chi connectivity index (χ0) is 17.8. The van der Waals surface area contributed by atoms with Crippen LogP contribution >= 0.6 is 0 Å². The average Bonchev–Trinajstić information content (AvgIpc) is 2.69. The monoisotopic (exact) mass is 306 g/mol. The molecule has 1 aliphatic heterocycles. The largest absolute Gasteiger partial charge is 0.310 e. The van der Waals surface area contributed by atoms with Crippen LogP contribution in [-0.2, 0) is 0 Å². The van der Waals surface area contributed by atoms with Gasteiger partial charge in [0.15, 0.2) is 0 Å². The molecule has 0 fully saturated rings. The summed E-state index contributed by atoms with van der Waals surface area (Å²) in [4.78, 5) is 1.89. The lowest BCUT2D eigenvalue weighted by Crippen LogP contribution is -2.16. The summed E-state index contributed by atoms with van der Waals surface area (Å²) >= 11 is 0. The number of hydrogen-bond donors (Lipinski definition) is 1. The minimum atomic E-state index is 0.0680. The minimum absolute atomic E-state index is 0.0680. The highest BCUT2D eigenvalue weighted by atomic mass is 15.1. The molecule has 0 aliphatic carbocycles. The van der Waals surface area contributed by atoms with E-state index in [0.717, 1.165) is 6.42 Å². The van der Waals surface area contributed by atoms with Crippen molar-refractivity contribution < 1.29 is 0 Å². The van der Waals surface area contributed by atoms with Crippen LogP contribution in [0.3, 0.4) is 0 Å².